The van der Waals surface area contributed by atoms with Crippen LogP contribution in [0.15, 0.2) is 0 Å². The third-order valence-electron chi connectivity index (χ3n) is 2.01. The molecule has 0 bridgehead atoms. The minimum atomic E-state index is 0.181. The molecule has 0 aromatic heterocycles. The van der Waals surface area contributed by atoms with Crippen LogP contribution in [0.2, 0.25) is 0 Å². The van der Waals surface area contributed by atoms with Crippen molar-refractivity contribution in [1.29, 1.82) is 0 Å². The molecule has 1 rings (SSSR count). The monoisotopic (exact) mass is 142 g/mol. The second-order valence-electron chi connectivity index (χ2n) is 2.79. The Morgan fingerprint density at radius 3 is 3.10 bits per heavy atom. The van der Waals surface area contributed by atoms with E-state index in [1.807, 2.05) is 0 Å². The van der Waals surface area contributed by atoms with Gasteiger partial charge >= 0.3 is 0 Å². The molecule has 2 nitrogen and oxygen atoms in total. The summed E-state index contributed by atoms with van der Waals surface area (Å²) in [6.07, 6.45) is 4.32. The molecule has 0 N–H and O–H groups in total. The lowest BCUT2D eigenvalue weighted by molar-refractivity contribution is -0.112. The molecule has 0 unspecified atom stereocenters. The molecule has 1 saturated heterocycles. The Bertz CT molecular complexity index is 112. The lowest BCUT2D eigenvalue weighted by Gasteiger charge is -2.10. The van der Waals surface area contributed by atoms with Gasteiger partial charge in [0.15, 0.2) is 0 Å². The van der Waals surface area contributed by atoms with Gasteiger partial charge in [-0.3, -0.25) is 0 Å². The van der Waals surface area contributed by atoms with Gasteiger partial charge < -0.3 is 9.53 Å². The van der Waals surface area contributed by atoms with E-state index in [1.165, 1.54) is 0 Å². The second kappa shape index (κ2) is 3.71. The van der Waals surface area contributed by atoms with Gasteiger partial charge in [0, 0.05) is 12.5 Å². The zero-order chi connectivity index (χ0) is 7.40. The Morgan fingerprint density at radius 2 is 2.50 bits per heavy atom. The Hall–Kier alpha value is -0.370. The maximum atomic E-state index is 10.4. The first-order chi connectivity index (χ1) is 4.88. The molecule has 1 aliphatic rings. The predicted molar refractivity (Wildman–Crippen MR) is 38.8 cm³/mol. The number of hydrogen-bond acceptors (Lipinski definition) is 2. The molecule has 0 amide bonds. The Morgan fingerprint density at radius 1 is 1.70 bits per heavy atom. The average molecular weight is 142 g/mol. The van der Waals surface area contributed by atoms with E-state index < -0.39 is 0 Å². The smallest absolute Gasteiger partial charge is 0.125 e. The second-order valence-corrected chi connectivity index (χ2v) is 2.79. The van der Waals surface area contributed by atoms with Crippen LogP contribution < -0.4 is 0 Å². The first kappa shape index (κ1) is 7.73. The van der Waals surface area contributed by atoms with Crippen molar-refractivity contribution in [2.24, 2.45) is 5.92 Å². The van der Waals surface area contributed by atoms with Crippen molar-refractivity contribution < 1.29 is 9.53 Å². The summed E-state index contributed by atoms with van der Waals surface area (Å²) in [6, 6.07) is 0. The molecule has 0 radical (unpaired) electrons. The number of carbonyl (C=O) groups is 1. The first-order valence-corrected chi connectivity index (χ1v) is 3.95. The third-order valence-corrected chi connectivity index (χ3v) is 2.01. The van der Waals surface area contributed by atoms with Crippen molar-refractivity contribution in [3.8, 4) is 0 Å². The van der Waals surface area contributed by atoms with E-state index in [0.29, 0.717) is 0 Å². The summed E-state index contributed by atoms with van der Waals surface area (Å²) in [5.74, 6) is 0.181. The highest BCUT2D eigenvalue weighted by atomic mass is 16.5. The van der Waals surface area contributed by atoms with Gasteiger partial charge in [-0.1, -0.05) is 13.3 Å². The first-order valence-electron chi connectivity index (χ1n) is 3.95. The molecule has 10 heavy (non-hydrogen) atoms. The number of hydrogen-bond donors (Lipinski definition) is 0. The molecule has 2 atom stereocenters. The van der Waals surface area contributed by atoms with Crippen molar-refractivity contribution >= 4 is 6.29 Å². The summed E-state index contributed by atoms with van der Waals surface area (Å²) in [5, 5.41) is 0. The van der Waals surface area contributed by atoms with Gasteiger partial charge in [0.1, 0.15) is 6.29 Å². The van der Waals surface area contributed by atoms with E-state index in [1.54, 1.807) is 0 Å². The minimum absolute atomic E-state index is 0.181. The fraction of sp³-hybridized carbons (Fsp3) is 0.875. The Labute approximate surface area is 61.6 Å². The largest absolute Gasteiger partial charge is 0.377 e. The normalized spacial score (nSPS) is 32.5. The molecule has 1 aliphatic heterocycles. The van der Waals surface area contributed by atoms with Gasteiger partial charge in [-0.25, -0.2) is 0 Å². The van der Waals surface area contributed by atoms with E-state index in [-0.39, 0.29) is 12.0 Å². The average Bonchev–Trinajstić information content (AvgIpc) is 2.36. The minimum Gasteiger partial charge on any atom is -0.377 e. The third kappa shape index (κ3) is 1.57. The van der Waals surface area contributed by atoms with Crippen LogP contribution in [0, 0.1) is 5.92 Å². The van der Waals surface area contributed by atoms with Crippen LogP contribution in [0.5, 0.6) is 0 Å². The highest BCUT2D eigenvalue weighted by Gasteiger charge is 2.26. The lowest BCUT2D eigenvalue weighted by atomic mass is 10.0. The van der Waals surface area contributed by atoms with Crippen molar-refractivity contribution in [3.63, 3.8) is 0 Å². The van der Waals surface area contributed by atoms with Gasteiger partial charge in [-0.05, 0) is 12.8 Å². The summed E-state index contributed by atoms with van der Waals surface area (Å²) in [6.45, 7) is 2.89. The summed E-state index contributed by atoms with van der Waals surface area (Å²) in [7, 11) is 0. The van der Waals surface area contributed by atoms with Crippen LogP contribution >= 0.6 is 0 Å². The van der Waals surface area contributed by atoms with Crippen LogP contribution in [0.25, 0.3) is 0 Å². The van der Waals surface area contributed by atoms with Crippen LogP contribution in [0.4, 0.5) is 0 Å². The highest BCUT2D eigenvalue weighted by molar-refractivity contribution is 5.54. The molecule has 1 fully saturated rings. The maximum absolute atomic E-state index is 10.4. The maximum Gasteiger partial charge on any atom is 0.125 e. The van der Waals surface area contributed by atoms with Gasteiger partial charge in [0.2, 0.25) is 0 Å². The zero-order valence-electron chi connectivity index (χ0n) is 6.38. The number of ether oxygens (including phenoxy) is 1. The van der Waals surface area contributed by atoms with E-state index in [2.05, 4.69) is 6.92 Å². The lowest BCUT2D eigenvalue weighted by Crippen LogP contribution is -2.16. The molecule has 58 valence electrons. The Kier molecular flexibility index (Phi) is 2.87. The number of aldehydes is 1. The van der Waals surface area contributed by atoms with Crippen molar-refractivity contribution in [2.75, 3.05) is 6.61 Å². The van der Waals surface area contributed by atoms with Gasteiger partial charge in [0.25, 0.3) is 0 Å². The highest BCUT2D eigenvalue weighted by Crippen LogP contribution is 2.22. The van der Waals surface area contributed by atoms with Crippen molar-refractivity contribution in [3.05, 3.63) is 0 Å². The Balaban J connectivity index is 2.34. The molecule has 0 aromatic carbocycles. The van der Waals surface area contributed by atoms with Crippen LogP contribution in [-0.2, 0) is 9.53 Å². The van der Waals surface area contributed by atoms with Crippen LogP contribution in [0.3, 0.4) is 0 Å². The van der Waals surface area contributed by atoms with E-state index >= 15 is 0 Å². The molecule has 0 spiro atoms. The number of carbonyl (C=O) groups excluding carboxylic acids is 1. The summed E-state index contributed by atoms with van der Waals surface area (Å²) in [5.41, 5.74) is 0. The molecule has 0 aromatic rings. The summed E-state index contributed by atoms with van der Waals surface area (Å²) in [4.78, 5) is 10.4. The van der Waals surface area contributed by atoms with Crippen molar-refractivity contribution in [2.45, 2.75) is 32.3 Å². The van der Waals surface area contributed by atoms with E-state index in [0.717, 1.165) is 32.2 Å². The van der Waals surface area contributed by atoms with Gasteiger partial charge in [0.05, 0.1) is 6.10 Å². The SMILES string of the molecule is CCC[C@@H]1OCC[C@H]1C=O. The van der Waals surface area contributed by atoms with E-state index in [9.17, 15) is 4.79 Å². The predicted octanol–water partition coefficient (Wildman–Crippen LogP) is 1.39. The standard InChI is InChI=1S/C8H14O2/c1-2-3-8-7(6-9)4-5-10-8/h6-8H,2-5H2,1H3/t7-,8-/m0/s1. The molecular formula is C8H14O2. The summed E-state index contributed by atoms with van der Waals surface area (Å²) < 4.78 is 5.37. The van der Waals surface area contributed by atoms with Gasteiger partial charge in [-0.15, -0.1) is 0 Å². The topological polar surface area (TPSA) is 26.3 Å². The molecule has 2 heteroatoms. The molecular weight excluding hydrogens is 128 g/mol. The van der Waals surface area contributed by atoms with Crippen LogP contribution in [0.1, 0.15) is 26.2 Å². The molecule has 0 aliphatic carbocycles. The molecule has 0 saturated carbocycles. The number of rotatable bonds is 3. The fourth-order valence-corrected chi connectivity index (χ4v) is 1.40. The zero-order valence-corrected chi connectivity index (χ0v) is 6.38. The van der Waals surface area contributed by atoms with Crippen molar-refractivity contribution in [1.82, 2.24) is 0 Å². The quantitative estimate of drug-likeness (QED) is 0.556. The fourth-order valence-electron chi connectivity index (χ4n) is 1.40. The molecule has 1 heterocycles. The van der Waals surface area contributed by atoms with E-state index in [4.69, 9.17) is 4.74 Å². The van der Waals surface area contributed by atoms with Gasteiger partial charge in [-0.2, -0.15) is 0 Å². The summed E-state index contributed by atoms with van der Waals surface area (Å²) >= 11 is 0. The van der Waals surface area contributed by atoms with Crippen LogP contribution in [-0.4, -0.2) is 19.0 Å².